The van der Waals surface area contributed by atoms with Gasteiger partial charge in [0.15, 0.2) is 0 Å². The van der Waals surface area contributed by atoms with E-state index in [4.69, 9.17) is 10.5 Å². The summed E-state index contributed by atoms with van der Waals surface area (Å²) < 4.78 is 5.12. The number of nitrogens with zero attached hydrogens (tertiary/aromatic N) is 1. The summed E-state index contributed by atoms with van der Waals surface area (Å²) in [5.41, 5.74) is 6.81. The van der Waals surface area contributed by atoms with Crippen molar-refractivity contribution in [1.29, 1.82) is 0 Å². The van der Waals surface area contributed by atoms with Crippen molar-refractivity contribution < 1.29 is 9.53 Å². The zero-order valence-corrected chi connectivity index (χ0v) is 9.82. The summed E-state index contributed by atoms with van der Waals surface area (Å²) in [6.45, 7) is 0. The second-order valence-electron chi connectivity index (χ2n) is 3.91. The van der Waals surface area contributed by atoms with E-state index in [-0.39, 0.29) is 0 Å². The number of carbonyl (C=O) groups is 1. The highest BCUT2D eigenvalue weighted by Gasteiger charge is 2.16. The summed E-state index contributed by atoms with van der Waals surface area (Å²) in [7, 11) is 0. The van der Waals surface area contributed by atoms with Crippen LogP contribution < -0.4 is 10.5 Å². The second kappa shape index (κ2) is 5.93. The molecule has 92 valence electrons. The van der Waals surface area contributed by atoms with Gasteiger partial charge in [0.25, 0.3) is 0 Å². The van der Waals surface area contributed by atoms with Crippen LogP contribution in [0.1, 0.15) is 5.56 Å². The van der Waals surface area contributed by atoms with Crippen LogP contribution in [0.3, 0.4) is 0 Å². The largest absolute Gasteiger partial charge is 0.424 e. The van der Waals surface area contributed by atoms with Crippen LogP contribution in [0.15, 0.2) is 54.9 Å². The Bertz CT molecular complexity index is 500. The predicted molar refractivity (Wildman–Crippen MR) is 68.0 cm³/mol. The quantitative estimate of drug-likeness (QED) is 0.826. The van der Waals surface area contributed by atoms with Crippen LogP contribution in [0, 0.1) is 0 Å². The molecule has 4 nitrogen and oxygen atoms in total. The lowest BCUT2D eigenvalue weighted by Crippen LogP contribution is -2.36. The number of pyridine rings is 1. The molecule has 0 unspecified atom stereocenters. The number of nitrogens with two attached hydrogens (primary N) is 1. The first-order chi connectivity index (χ1) is 8.75. The van der Waals surface area contributed by atoms with Crippen LogP contribution in [-0.4, -0.2) is 17.0 Å². The summed E-state index contributed by atoms with van der Waals surface area (Å²) in [5, 5.41) is 0. The molecule has 0 radical (unpaired) electrons. The Morgan fingerprint density at radius 3 is 2.67 bits per heavy atom. The molecule has 1 atom stereocenters. The van der Waals surface area contributed by atoms with Crippen molar-refractivity contribution in [3.8, 4) is 5.75 Å². The van der Waals surface area contributed by atoms with Crippen LogP contribution in [0.2, 0.25) is 0 Å². The molecular weight excluding hydrogens is 228 g/mol. The van der Waals surface area contributed by atoms with Crippen LogP contribution in [0.25, 0.3) is 0 Å². The Labute approximate surface area is 105 Å². The van der Waals surface area contributed by atoms with Gasteiger partial charge in [-0.2, -0.15) is 0 Å². The topological polar surface area (TPSA) is 65.2 Å². The van der Waals surface area contributed by atoms with Crippen LogP contribution in [-0.2, 0) is 11.2 Å². The maximum atomic E-state index is 11.7. The lowest BCUT2D eigenvalue weighted by Gasteiger charge is -2.10. The van der Waals surface area contributed by atoms with Crippen molar-refractivity contribution in [3.63, 3.8) is 0 Å². The number of benzene rings is 1. The number of esters is 1. The molecular formula is C14H14N2O2. The molecule has 0 saturated carbocycles. The first kappa shape index (κ1) is 12.3. The third-order valence-electron chi connectivity index (χ3n) is 2.45. The van der Waals surface area contributed by atoms with Gasteiger partial charge < -0.3 is 10.5 Å². The SMILES string of the molecule is N[C@@H](Cc1ccccc1)C(=O)Oc1cccnc1. The van der Waals surface area contributed by atoms with Gasteiger partial charge in [0, 0.05) is 6.20 Å². The minimum Gasteiger partial charge on any atom is -0.424 e. The second-order valence-corrected chi connectivity index (χ2v) is 3.91. The smallest absolute Gasteiger partial charge is 0.328 e. The molecule has 0 saturated heterocycles. The van der Waals surface area contributed by atoms with Gasteiger partial charge in [-0.3, -0.25) is 4.98 Å². The highest BCUT2D eigenvalue weighted by molar-refractivity contribution is 5.78. The highest BCUT2D eigenvalue weighted by Crippen LogP contribution is 2.09. The van der Waals surface area contributed by atoms with Crippen LogP contribution >= 0.6 is 0 Å². The number of aromatic nitrogens is 1. The van der Waals surface area contributed by atoms with Gasteiger partial charge in [0.1, 0.15) is 11.8 Å². The zero-order chi connectivity index (χ0) is 12.8. The van der Waals surface area contributed by atoms with E-state index in [9.17, 15) is 4.79 Å². The maximum absolute atomic E-state index is 11.7. The fraction of sp³-hybridized carbons (Fsp3) is 0.143. The molecule has 1 aromatic heterocycles. The Kier molecular flexibility index (Phi) is 4.04. The summed E-state index contributed by atoms with van der Waals surface area (Å²) in [4.78, 5) is 15.6. The highest BCUT2D eigenvalue weighted by atomic mass is 16.5. The zero-order valence-electron chi connectivity index (χ0n) is 9.82. The summed E-state index contributed by atoms with van der Waals surface area (Å²) >= 11 is 0. The molecule has 18 heavy (non-hydrogen) atoms. The third-order valence-corrected chi connectivity index (χ3v) is 2.45. The monoisotopic (exact) mass is 242 g/mol. The third kappa shape index (κ3) is 3.40. The van der Waals surface area contributed by atoms with Crippen molar-refractivity contribution in [2.45, 2.75) is 12.5 Å². The van der Waals surface area contributed by atoms with Crippen LogP contribution in [0.5, 0.6) is 5.75 Å². The molecule has 0 aliphatic rings. The standard InChI is InChI=1S/C14H14N2O2/c15-13(9-11-5-2-1-3-6-11)14(17)18-12-7-4-8-16-10-12/h1-8,10,13H,9,15H2/t13-/m0/s1. The number of ether oxygens (including phenoxy) is 1. The van der Waals surface area contributed by atoms with E-state index in [0.29, 0.717) is 12.2 Å². The Morgan fingerprint density at radius 1 is 1.22 bits per heavy atom. The normalized spacial score (nSPS) is 11.8. The fourth-order valence-corrected chi connectivity index (χ4v) is 1.55. The summed E-state index contributed by atoms with van der Waals surface area (Å²) in [6, 6.07) is 12.3. The molecule has 0 amide bonds. The average Bonchev–Trinajstić information content (AvgIpc) is 2.41. The Hall–Kier alpha value is -2.20. The van der Waals surface area contributed by atoms with E-state index in [2.05, 4.69) is 4.98 Å². The van der Waals surface area contributed by atoms with Crippen LogP contribution in [0.4, 0.5) is 0 Å². The van der Waals surface area contributed by atoms with Gasteiger partial charge in [-0.1, -0.05) is 30.3 Å². The van der Waals surface area contributed by atoms with Crippen molar-refractivity contribution in [2.24, 2.45) is 5.73 Å². The summed E-state index contributed by atoms with van der Waals surface area (Å²) in [6.07, 6.45) is 3.55. The van der Waals surface area contributed by atoms with Gasteiger partial charge in [-0.05, 0) is 24.1 Å². The molecule has 2 aromatic rings. The van der Waals surface area contributed by atoms with E-state index in [1.165, 1.54) is 6.20 Å². The molecule has 0 bridgehead atoms. The summed E-state index contributed by atoms with van der Waals surface area (Å²) in [5.74, 6) is -0.0436. The van der Waals surface area contributed by atoms with Crippen molar-refractivity contribution >= 4 is 5.97 Å². The molecule has 0 aliphatic heterocycles. The minimum atomic E-state index is -0.674. The molecule has 0 spiro atoms. The molecule has 2 N–H and O–H groups in total. The first-order valence-electron chi connectivity index (χ1n) is 5.67. The van der Waals surface area contributed by atoms with Gasteiger partial charge in [-0.25, -0.2) is 4.79 Å². The van der Waals surface area contributed by atoms with E-state index in [0.717, 1.165) is 5.56 Å². The Balaban J connectivity index is 1.93. The van der Waals surface area contributed by atoms with Gasteiger partial charge in [0.05, 0.1) is 6.20 Å². The molecule has 1 aromatic carbocycles. The molecule has 2 rings (SSSR count). The molecule has 0 aliphatic carbocycles. The van der Waals surface area contributed by atoms with E-state index in [1.807, 2.05) is 30.3 Å². The van der Waals surface area contributed by atoms with E-state index in [1.54, 1.807) is 18.3 Å². The van der Waals surface area contributed by atoms with Crippen molar-refractivity contribution in [2.75, 3.05) is 0 Å². The van der Waals surface area contributed by atoms with Gasteiger partial charge in [0.2, 0.25) is 0 Å². The Morgan fingerprint density at radius 2 is 2.00 bits per heavy atom. The molecule has 4 heteroatoms. The van der Waals surface area contributed by atoms with Gasteiger partial charge >= 0.3 is 5.97 Å². The van der Waals surface area contributed by atoms with Gasteiger partial charge in [-0.15, -0.1) is 0 Å². The maximum Gasteiger partial charge on any atom is 0.328 e. The number of hydrogen-bond donors (Lipinski definition) is 1. The van der Waals surface area contributed by atoms with E-state index >= 15 is 0 Å². The molecule has 1 heterocycles. The van der Waals surface area contributed by atoms with E-state index < -0.39 is 12.0 Å². The predicted octanol–water partition coefficient (Wildman–Crippen LogP) is 1.56. The fourth-order valence-electron chi connectivity index (χ4n) is 1.55. The first-order valence-corrected chi connectivity index (χ1v) is 5.67. The average molecular weight is 242 g/mol. The minimum absolute atomic E-state index is 0.408. The lowest BCUT2D eigenvalue weighted by atomic mass is 10.1. The number of carbonyl (C=O) groups excluding carboxylic acids is 1. The van der Waals surface area contributed by atoms with Crippen molar-refractivity contribution in [3.05, 3.63) is 60.4 Å². The lowest BCUT2D eigenvalue weighted by molar-refractivity contribution is -0.135. The molecule has 0 fully saturated rings. The van der Waals surface area contributed by atoms with Crippen molar-refractivity contribution in [1.82, 2.24) is 4.98 Å². The number of hydrogen-bond acceptors (Lipinski definition) is 4. The number of rotatable bonds is 4.